The van der Waals surface area contributed by atoms with Gasteiger partial charge in [-0.3, -0.25) is 9.58 Å². The van der Waals surface area contributed by atoms with Crippen molar-refractivity contribution in [3.05, 3.63) is 15.9 Å². The molecule has 6 nitrogen and oxygen atoms in total. The second-order valence-electron chi connectivity index (χ2n) is 4.59. The van der Waals surface area contributed by atoms with E-state index in [1.54, 1.807) is 0 Å². The van der Waals surface area contributed by atoms with E-state index in [-0.39, 0.29) is 0 Å². The topological polar surface area (TPSA) is 67.6 Å². The van der Waals surface area contributed by atoms with Crippen molar-refractivity contribution >= 4 is 21.9 Å². The largest absolute Gasteiger partial charge is 0.479 e. The molecule has 1 saturated heterocycles. The third-order valence-corrected chi connectivity index (χ3v) is 4.28. The molecule has 1 aromatic heterocycles. The smallest absolute Gasteiger partial charge is 0.334 e. The quantitative estimate of drug-likeness (QED) is 0.899. The van der Waals surface area contributed by atoms with E-state index in [0.29, 0.717) is 19.7 Å². The Morgan fingerprint density at radius 2 is 2.37 bits per heavy atom. The minimum absolute atomic E-state index is 0.412. The molecule has 1 aliphatic rings. The summed E-state index contributed by atoms with van der Waals surface area (Å²) in [7, 11) is 0. The molecule has 0 aliphatic carbocycles. The summed E-state index contributed by atoms with van der Waals surface area (Å²) in [4.78, 5) is 13.1. The first-order chi connectivity index (χ1) is 9.02. The van der Waals surface area contributed by atoms with Crippen LogP contribution in [0.15, 0.2) is 4.47 Å². The van der Waals surface area contributed by atoms with Crippen LogP contribution in [0.5, 0.6) is 0 Å². The monoisotopic (exact) mass is 331 g/mol. The summed E-state index contributed by atoms with van der Waals surface area (Å²) in [6, 6.07) is 0. The number of aliphatic carboxylic acids is 1. The molecule has 0 aromatic carbocycles. The number of nitrogens with zero attached hydrogens (tertiary/aromatic N) is 3. The Hall–Kier alpha value is -0.920. The lowest BCUT2D eigenvalue weighted by molar-refractivity contribution is -0.156. The highest BCUT2D eigenvalue weighted by Crippen LogP contribution is 2.23. The number of carboxylic acids is 1. The van der Waals surface area contributed by atoms with E-state index >= 15 is 0 Å². The minimum Gasteiger partial charge on any atom is -0.479 e. The molecule has 2 rings (SSSR count). The van der Waals surface area contributed by atoms with Crippen molar-refractivity contribution in [2.45, 2.75) is 33.0 Å². The first kappa shape index (κ1) is 14.5. The van der Waals surface area contributed by atoms with Gasteiger partial charge in [0, 0.05) is 26.2 Å². The average molecular weight is 332 g/mol. The Balaban J connectivity index is 2.10. The fourth-order valence-electron chi connectivity index (χ4n) is 2.23. The Kier molecular flexibility index (Phi) is 4.59. The Morgan fingerprint density at radius 3 is 3.00 bits per heavy atom. The Labute approximate surface area is 120 Å². The predicted molar refractivity (Wildman–Crippen MR) is 73.0 cm³/mol. The molecule has 0 spiro atoms. The SMILES string of the molecule is CCn1nc(C)c(Br)c1CN1CCOC(C(=O)O)C1. The zero-order valence-corrected chi connectivity index (χ0v) is 12.7. The van der Waals surface area contributed by atoms with Crippen LogP contribution in [0.25, 0.3) is 0 Å². The van der Waals surface area contributed by atoms with Crippen molar-refractivity contribution in [2.24, 2.45) is 0 Å². The molecule has 1 atom stereocenters. The van der Waals surface area contributed by atoms with Gasteiger partial charge in [0.25, 0.3) is 0 Å². The minimum atomic E-state index is -0.899. The van der Waals surface area contributed by atoms with Crippen molar-refractivity contribution in [1.82, 2.24) is 14.7 Å². The molecule has 1 fully saturated rings. The van der Waals surface area contributed by atoms with Crippen molar-refractivity contribution in [3.63, 3.8) is 0 Å². The lowest BCUT2D eigenvalue weighted by Crippen LogP contribution is -2.45. The van der Waals surface area contributed by atoms with E-state index < -0.39 is 12.1 Å². The lowest BCUT2D eigenvalue weighted by Gasteiger charge is -2.30. The van der Waals surface area contributed by atoms with Gasteiger partial charge in [0.2, 0.25) is 0 Å². The van der Waals surface area contributed by atoms with Gasteiger partial charge in [0.05, 0.1) is 22.5 Å². The molecule has 1 aliphatic heterocycles. The number of carboxylic acid groups (broad SMARTS) is 1. The van der Waals surface area contributed by atoms with Crippen LogP contribution in [-0.4, -0.2) is 51.6 Å². The summed E-state index contributed by atoms with van der Waals surface area (Å²) in [6.45, 7) is 7.09. The number of halogens is 1. The summed E-state index contributed by atoms with van der Waals surface area (Å²) in [5.41, 5.74) is 2.05. The summed E-state index contributed by atoms with van der Waals surface area (Å²) < 4.78 is 8.18. The van der Waals surface area contributed by atoms with Gasteiger partial charge in [-0.2, -0.15) is 5.10 Å². The van der Waals surface area contributed by atoms with Gasteiger partial charge < -0.3 is 9.84 Å². The fourth-order valence-corrected chi connectivity index (χ4v) is 2.64. The molecular formula is C12H18BrN3O3. The molecule has 0 amide bonds. The molecule has 106 valence electrons. The Morgan fingerprint density at radius 1 is 1.63 bits per heavy atom. The number of ether oxygens (including phenoxy) is 1. The van der Waals surface area contributed by atoms with Gasteiger partial charge in [0.1, 0.15) is 0 Å². The van der Waals surface area contributed by atoms with E-state index in [0.717, 1.165) is 29.0 Å². The first-order valence-corrected chi connectivity index (χ1v) is 7.10. The normalized spacial score (nSPS) is 20.7. The second-order valence-corrected chi connectivity index (χ2v) is 5.39. The molecule has 2 heterocycles. The van der Waals surface area contributed by atoms with E-state index in [1.807, 2.05) is 18.5 Å². The highest BCUT2D eigenvalue weighted by atomic mass is 79.9. The molecule has 19 heavy (non-hydrogen) atoms. The predicted octanol–water partition coefficient (Wildman–Crippen LogP) is 1.26. The van der Waals surface area contributed by atoms with Crippen molar-refractivity contribution in [3.8, 4) is 0 Å². The third-order valence-electron chi connectivity index (χ3n) is 3.25. The van der Waals surface area contributed by atoms with Gasteiger partial charge >= 0.3 is 5.97 Å². The molecule has 7 heteroatoms. The highest BCUT2D eigenvalue weighted by molar-refractivity contribution is 9.10. The molecular weight excluding hydrogens is 314 g/mol. The van der Waals surface area contributed by atoms with Gasteiger partial charge in [-0.15, -0.1) is 0 Å². The molecule has 0 saturated carbocycles. The number of hydrogen-bond acceptors (Lipinski definition) is 4. The van der Waals surface area contributed by atoms with Gasteiger partial charge in [-0.1, -0.05) is 0 Å². The van der Waals surface area contributed by atoms with Crippen molar-refractivity contribution in [1.29, 1.82) is 0 Å². The second kappa shape index (κ2) is 6.02. The number of carbonyl (C=O) groups is 1. The van der Waals surface area contributed by atoms with Crippen LogP contribution in [0.1, 0.15) is 18.3 Å². The van der Waals surface area contributed by atoms with E-state index in [9.17, 15) is 4.79 Å². The molecule has 1 aromatic rings. The van der Waals surface area contributed by atoms with Crippen molar-refractivity contribution in [2.75, 3.05) is 19.7 Å². The molecule has 0 bridgehead atoms. The van der Waals surface area contributed by atoms with Crippen LogP contribution in [0.4, 0.5) is 0 Å². The zero-order chi connectivity index (χ0) is 14.0. The number of hydrogen-bond donors (Lipinski definition) is 1. The fraction of sp³-hybridized carbons (Fsp3) is 0.667. The van der Waals surface area contributed by atoms with Gasteiger partial charge in [0.15, 0.2) is 6.10 Å². The first-order valence-electron chi connectivity index (χ1n) is 6.31. The highest BCUT2D eigenvalue weighted by Gasteiger charge is 2.27. The van der Waals surface area contributed by atoms with Crippen LogP contribution >= 0.6 is 15.9 Å². The number of morpholine rings is 1. The van der Waals surface area contributed by atoms with Crippen LogP contribution in [-0.2, 0) is 22.6 Å². The summed E-state index contributed by atoms with van der Waals surface area (Å²) >= 11 is 3.56. The number of rotatable bonds is 4. The molecule has 0 radical (unpaired) electrons. The van der Waals surface area contributed by atoms with Gasteiger partial charge in [-0.05, 0) is 29.8 Å². The standard InChI is InChI=1S/C12H18BrN3O3/c1-3-16-9(11(13)8(2)14-16)6-15-4-5-19-10(7-15)12(17)18/h10H,3-7H2,1-2H3,(H,17,18). The maximum Gasteiger partial charge on any atom is 0.334 e. The van der Waals surface area contributed by atoms with E-state index in [2.05, 4.69) is 25.9 Å². The van der Waals surface area contributed by atoms with Crippen LogP contribution < -0.4 is 0 Å². The number of aryl methyl sites for hydroxylation is 2. The summed E-state index contributed by atoms with van der Waals surface area (Å²) in [5.74, 6) is -0.899. The maximum absolute atomic E-state index is 11.0. The molecule has 1 N–H and O–H groups in total. The van der Waals surface area contributed by atoms with E-state index in [1.165, 1.54) is 0 Å². The third kappa shape index (κ3) is 3.16. The summed E-state index contributed by atoms with van der Waals surface area (Å²) in [5, 5.41) is 13.4. The van der Waals surface area contributed by atoms with E-state index in [4.69, 9.17) is 9.84 Å². The number of aromatic nitrogens is 2. The lowest BCUT2D eigenvalue weighted by atomic mass is 10.2. The zero-order valence-electron chi connectivity index (χ0n) is 11.1. The van der Waals surface area contributed by atoms with Crippen LogP contribution in [0.2, 0.25) is 0 Å². The van der Waals surface area contributed by atoms with Crippen LogP contribution in [0, 0.1) is 6.92 Å². The Bertz CT molecular complexity index is 475. The maximum atomic E-state index is 11.0. The summed E-state index contributed by atoms with van der Waals surface area (Å²) in [6.07, 6.45) is -0.730. The molecule has 1 unspecified atom stereocenters. The van der Waals surface area contributed by atoms with Crippen molar-refractivity contribution < 1.29 is 14.6 Å². The van der Waals surface area contributed by atoms with Crippen LogP contribution in [0.3, 0.4) is 0 Å². The average Bonchev–Trinajstić information content (AvgIpc) is 2.67. The van der Waals surface area contributed by atoms with Gasteiger partial charge in [-0.25, -0.2) is 4.79 Å².